The van der Waals surface area contributed by atoms with E-state index in [0.717, 1.165) is 16.3 Å². The van der Waals surface area contributed by atoms with Crippen LogP contribution in [0.2, 0.25) is 0 Å². The number of aromatic nitrogens is 1. The van der Waals surface area contributed by atoms with E-state index in [-0.39, 0.29) is 30.0 Å². The van der Waals surface area contributed by atoms with E-state index in [1.54, 1.807) is 11.3 Å². The molecule has 0 saturated heterocycles. The van der Waals surface area contributed by atoms with E-state index < -0.39 is 0 Å². The minimum atomic E-state index is -0.0144. The maximum Gasteiger partial charge on any atom is 0.191 e. The van der Waals surface area contributed by atoms with Crippen molar-refractivity contribution in [2.45, 2.75) is 6.04 Å². The molecular formula is C34H30IN3S. The summed E-state index contributed by atoms with van der Waals surface area (Å²) in [4.78, 5) is 9.57. The first-order valence-corrected chi connectivity index (χ1v) is 13.6. The third kappa shape index (κ3) is 5.84. The monoisotopic (exact) mass is 639 g/mol. The summed E-state index contributed by atoms with van der Waals surface area (Å²) >= 11 is 1.74. The minimum Gasteiger partial charge on any atom is -0.378 e. The number of nitrogens with zero attached hydrogens (tertiary/aromatic N) is 3. The lowest BCUT2D eigenvalue weighted by molar-refractivity contribution is 0.940. The molecule has 6 rings (SSSR count). The van der Waals surface area contributed by atoms with Gasteiger partial charge in [0, 0.05) is 19.8 Å². The fourth-order valence-electron chi connectivity index (χ4n) is 4.75. The summed E-state index contributed by atoms with van der Waals surface area (Å²) in [5.41, 5.74) is 8.12. The molecular weight excluding hydrogens is 609 g/mol. The predicted octanol–water partition coefficient (Wildman–Crippen LogP) is 9.01. The molecule has 0 N–H and O–H groups in total. The van der Waals surface area contributed by atoms with Crippen LogP contribution in [0.3, 0.4) is 0 Å². The second kappa shape index (κ2) is 12.0. The fourth-order valence-corrected chi connectivity index (χ4v) is 5.78. The van der Waals surface area contributed by atoms with Crippen LogP contribution in [-0.2, 0) is 0 Å². The molecule has 0 bridgehead atoms. The first-order chi connectivity index (χ1) is 18.7. The molecule has 0 radical (unpaired) electrons. The Morgan fingerprint density at radius 3 is 2.08 bits per heavy atom. The smallest absolute Gasteiger partial charge is 0.191 e. The van der Waals surface area contributed by atoms with Gasteiger partial charge in [0.1, 0.15) is 0 Å². The van der Waals surface area contributed by atoms with E-state index in [9.17, 15) is 0 Å². The molecule has 4 aromatic carbocycles. The Kier molecular flexibility index (Phi) is 8.29. The maximum absolute atomic E-state index is 5.08. The normalized spacial score (nSPS) is 15.1. The molecule has 0 aliphatic carbocycles. The van der Waals surface area contributed by atoms with E-state index in [4.69, 9.17) is 4.98 Å². The molecule has 3 nitrogen and oxygen atoms in total. The van der Waals surface area contributed by atoms with Gasteiger partial charge in [0.25, 0.3) is 0 Å². The standard InChI is InChI=1S/C34H29N3S.HI/c1-36(2)29-20-17-25(18-21-29)19-22-30-23-28(26-11-5-3-6-12-26)24-32(27-13-7-4-8-14-27)37(30)34-35-31-15-9-10-16-33(31)38-34;/h3-24,30H,1-2H3;1H/b22-19+;. The summed E-state index contributed by atoms with van der Waals surface area (Å²) in [7, 11) is 4.13. The lowest BCUT2D eigenvalue weighted by Gasteiger charge is -2.34. The molecule has 0 spiro atoms. The zero-order chi connectivity index (χ0) is 25.9. The lowest BCUT2D eigenvalue weighted by Crippen LogP contribution is -2.33. The Morgan fingerprint density at radius 1 is 0.769 bits per heavy atom. The molecule has 39 heavy (non-hydrogen) atoms. The second-order valence-corrected chi connectivity index (χ2v) is 10.6. The summed E-state index contributed by atoms with van der Waals surface area (Å²) in [6, 6.07) is 38.3. The largest absolute Gasteiger partial charge is 0.378 e. The number of fused-ring (bicyclic) bond motifs is 1. The van der Waals surface area contributed by atoms with Gasteiger partial charge in [-0.3, -0.25) is 0 Å². The van der Waals surface area contributed by atoms with Crippen LogP contribution < -0.4 is 9.80 Å². The molecule has 194 valence electrons. The number of anilines is 2. The summed E-state index contributed by atoms with van der Waals surface area (Å²) in [6.07, 6.45) is 9.15. The minimum absolute atomic E-state index is 0. The van der Waals surface area contributed by atoms with E-state index in [1.165, 1.54) is 32.7 Å². The van der Waals surface area contributed by atoms with E-state index in [0.29, 0.717) is 0 Å². The third-order valence-electron chi connectivity index (χ3n) is 6.76. The Labute approximate surface area is 251 Å². The Morgan fingerprint density at radius 2 is 1.41 bits per heavy atom. The molecule has 1 aliphatic rings. The molecule has 1 atom stereocenters. The van der Waals surface area contributed by atoms with Crippen LogP contribution in [-0.4, -0.2) is 25.1 Å². The second-order valence-electron chi connectivity index (χ2n) is 9.55. The van der Waals surface area contributed by atoms with Gasteiger partial charge in [0.05, 0.1) is 22.0 Å². The number of halogens is 1. The molecule has 0 amide bonds. The van der Waals surface area contributed by atoms with Crippen molar-refractivity contribution in [3.8, 4) is 0 Å². The van der Waals surface area contributed by atoms with Crippen LogP contribution >= 0.6 is 35.3 Å². The molecule has 1 unspecified atom stereocenters. The number of thiazole rings is 1. The summed E-state index contributed by atoms with van der Waals surface area (Å²) in [5.74, 6) is 0. The van der Waals surface area contributed by atoms with Crippen molar-refractivity contribution in [1.29, 1.82) is 0 Å². The van der Waals surface area contributed by atoms with Crippen LogP contribution in [0.1, 0.15) is 16.7 Å². The van der Waals surface area contributed by atoms with Crippen LogP contribution in [0.5, 0.6) is 0 Å². The number of hydrogen-bond acceptors (Lipinski definition) is 4. The van der Waals surface area contributed by atoms with Gasteiger partial charge in [-0.25, -0.2) is 4.98 Å². The summed E-state index contributed by atoms with van der Waals surface area (Å²) < 4.78 is 1.19. The van der Waals surface area contributed by atoms with Crippen LogP contribution in [0.4, 0.5) is 10.8 Å². The van der Waals surface area contributed by atoms with Crippen molar-refractivity contribution < 1.29 is 0 Å². The average molecular weight is 640 g/mol. The zero-order valence-electron chi connectivity index (χ0n) is 21.9. The fraction of sp³-hybridized carbons (Fsp3) is 0.0882. The number of para-hydroxylation sites is 1. The lowest BCUT2D eigenvalue weighted by atomic mass is 9.94. The first-order valence-electron chi connectivity index (χ1n) is 12.8. The van der Waals surface area contributed by atoms with Gasteiger partial charge in [-0.15, -0.1) is 24.0 Å². The number of benzene rings is 4. The Hall–Kier alpha value is -3.68. The highest BCUT2D eigenvalue weighted by molar-refractivity contribution is 14.0. The van der Waals surface area contributed by atoms with Gasteiger partial charge in [-0.2, -0.15) is 0 Å². The summed E-state index contributed by atoms with van der Waals surface area (Å²) in [6.45, 7) is 0. The Bertz CT molecular complexity index is 1600. The molecule has 5 aromatic rings. The van der Waals surface area contributed by atoms with Gasteiger partial charge in [0.2, 0.25) is 0 Å². The topological polar surface area (TPSA) is 19.4 Å². The molecule has 0 saturated carbocycles. The highest BCUT2D eigenvalue weighted by Gasteiger charge is 2.27. The number of rotatable bonds is 6. The average Bonchev–Trinajstić information content (AvgIpc) is 3.40. The van der Waals surface area contributed by atoms with Crippen LogP contribution in [0.15, 0.2) is 127 Å². The molecule has 1 aromatic heterocycles. The van der Waals surface area contributed by atoms with Crippen molar-refractivity contribution in [2.24, 2.45) is 0 Å². The summed E-state index contributed by atoms with van der Waals surface area (Å²) in [5, 5.41) is 0.988. The van der Waals surface area contributed by atoms with Gasteiger partial charge in [-0.1, -0.05) is 108 Å². The Balaban J connectivity index is 0.00000308. The van der Waals surface area contributed by atoms with Gasteiger partial charge in [-0.05, 0) is 58.7 Å². The highest BCUT2D eigenvalue weighted by Crippen LogP contribution is 2.40. The van der Waals surface area contributed by atoms with E-state index in [2.05, 4.69) is 157 Å². The van der Waals surface area contributed by atoms with Gasteiger partial charge in [0.15, 0.2) is 5.13 Å². The quantitative estimate of drug-likeness (QED) is 0.173. The van der Waals surface area contributed by atoms with Gasteiger partial charge >= 0.3 is 0 Å². The van der Waals surface area contributed by atoms with Crippen molar-refractivity contribution in [2.75, 3.05) is 23.9 Å². The third-order valence-corrected chi connectivity index (χ3v) is 7.80. The van der Waals surface area contributed by atoms with Crippen molar-refractivity contribution >= 4 is 73.7 Å². The van der Waals surface area contributed by atoms with Crippen molar-refractivity contribution in [1.82, 2.24) is 4.98 Å². The van der Waals surface area contributed by atoms with Crippen LogP contribution in [0.25, 0.3) is 27.6 Å². The number of allylic oxidation sites excluding steroid dienone is 2. The first kappa shape index (κ1) is 26.9. The SMILES string of the molecule is CN(C)c1ccc(/C=C/C2C=C(c3ccccc3)C=C(c3ccccc3)N2c2nc3ccccc3s2)cc1.I. The molecule has 1 aliphatic heterocycles. The van der Waals surface area contributed by atoms with Crippen molar-refractivity contribution in [3.05, 3.63) is 144 Å². The zero-order valence-corrected chi connectivity index (χ0v) is 25.1. The molecule has 0 fully saturated rings. The van der Waals surface area contributed by atoms with E-state index in [1.807, 2.05) is 0 Å². The molecule has 5 heteroatoms. The highest BCUT2D eigenvalue weighted by atomic mass is 127. The molecule has 2 heterocycles. The van der Waals surface area contributed by atoms with Crippen molar-refractivity contribution in [3.63, 3.8) is 0 Å². The van der Waals surface area contributed by atoms with Gasteiger partial charge < -0.3 is 9.80 Å². The van der Waals surface area contributed by atoms with Crippen LogP contribution in [0, 0.1) is 0 Å². The van der Waals surface area contributed by atoms with E-state index >= 15 is 0 Å². The number of hydrogen-bond donors (Lipinski definition) is 0. The maximum atomic E-state index is 5.08. The predicted molar refractivity (Wildman–Crippen MR) is 180 cm³/mol.